The minimum atomic E-state index is -0.833. The van der Waals surface area contributed by atoms with E-state index in [1.807, 2.05) is 20.8 Å². The molecule has 4 N–H and O–H groups in total. The van der Waals surface area contributed by atoms with E-state index < -0.39 is 11.6 Å². The number of aliphatic carboxylic acids is 1. The molecule has 1 saturated heterocycles. The van der Waals surface area contributed by atoms with Crippen LogP contribution in [0.15, 0.2) is 0 Å². The molecule has 0 saturated carbocycles. The van der Waals surface area contributed by atoms with Gasteiger partial charge in [0, 0.05) is 13.5 Å². The number of nitrogens with zero attached hydrogens (tertiary/aromatic N) is 1. The highest BCUT2D eigenvalue weighted by molar-refractivity contribution is 5.87. The Kier molecular flexibility index (Phi) is 6.31. The van der Waals surface area contributed by atoms with Crippen molar-refractivity contribution in [1.29, 1.82) is 5.41 Å². The van der Waals surface area contributed by atoms with Gasteiger partial charge < -0.3 is 15.6 Å². The molecule has 0 radical (unpaired) electrons. The number of carboxylic acid groups (broad SMARTS) is 1. The number of likely N-dealkylation sites (tertiary alicyclic amines) is 1. The average Bonchev–Trinajstić information content (AvgIpc) is 2.61. The van der Waals surface area contributed by atoms with Gasteiger partial charge in [0.25, 0.3) is 5.97 Å². The van der Waals surface area contributed by atoms with Crippen molar-refractivity contribution in [1.82, 2.24) is 4.90 Å². The summed E-state index contributed by atoms with van der Waals surface area (Å²) in [6.07, 6.45) is 1.26. The first-order valence-corrected chi connectivity index (χ1v) is 6.07. The second-order valence-corrected chi connectivity index (χ2v) is 5.31. The van der Waals surface area contributed by atoms with Crippen LogP contribution in [0.3, 0.4) is 0 Å². The normalized spacial score (nSPS) is 18.3. The number of carbonyl (C=O) groups is 2. The summed E-state index contributed by atoms with van der Waals surface area (Å²) in [6, 6.07) is -0.278. The highest BCUT2D eigenvalue weighted by atomic mass is 16.6. The molecular formula is C12H23N3O4. The first kappa shape index (κ1) is 17.2. The first-order chi connectivity index (χ1) is 8.54. The Hall–Kier alpha value is -1.79. The fraction of sp³-hybridized carbons (Fsp3) is 0.750. The topological polar surface area (TPSA) is 117 Å². The summed E-state index contributed by atoms with van der Waals surface area (Å²) in [6.45, 7) is 7.18. The molecule has 0 aromatic carbocycles. The van der Waals surface area contributed by atoms with Crippen LogP contribution in [-0.2, 0) is 9.53 Å². The van der Waals surface area contributed by atoms with Gasteiger partial charge in [0.05, 0.1) is 6.04 Å². The van der Waals surface area contributed by atoms with Crippen molar-refractivity contribution in [2.75, 3.05) is 6.54 Å². The summed E-state index contributed by atoms with van der Waals surface area (Å²) in [5, 5.41) is 14.8. The maximum Gasteiger partial charge on any atom is 0.410 e. The van der Waals surface area contributed by atoms with Crippen molar-refractivity contribution < 1.29 is 19.4 Å². The molecule has 0 aromatic rings. The zero-order valence-electron chi connectivity index (χ0n) is 11.9. The molecule has 110 valence electrons. The summed E-state index contributed by atoms with van der Waals surface area (Å²) in [5.74, 6) is -0.793. The molecule has 19 heavy (non-hydrogen) atoms. The Labute approximate surface area is 113 Å². The minimum absolute atomic E-state index is 0.0401. The summed E-state index contributed by atoms with van der Waals surface area (Å²) in [5.41, 5.74) is 4.92. The number of amidine groups is 1. The van der Waals surface area contributed by atoms with Crippen LogP contribution in [0.5, 0.6) is 0 Å². The van der Waals surface area contributed by atoms with E-state index >= 15 is 0 Å². The molecule has 1 amide bonds. The van der Waals surface area contributed by atoms with Gasteiger partial charge in [-0.3, -0.25) is 15.1 Å². The predicted molar refractivity (Wildman–Crippen MR) is 71.2 cm³/mol. The van der Waals surface area contributed by atoms with Gasteiger partial charge in [0.1, 0.15) is 11.4 Å². The minimum Gasteiger partial charge on any atom is -0.481 e. The molecular weight excluding hydrogens is 250 g/mol. The van der Waals surface area contributed by atoms with Gasteiger partial charge in [-0.05, 0) is 33.6 Å². The number of hydrogen-bond acceptors (Lipinski definition) is 4. The molecule has 1 aliphatic heterocycles. The lowest BCUT2D eigenvalue weighted by molar-refractivity contribution is -0.134. The zero-order valence-corrected chi connectivity index (χ0v) is 11.9. The number of carboxylic acids is 1. The van der Waals surface area contributed by atoms with Crippen LogP contribution in [0.2, 0.25) is 0 Å². The summed E-state index contributed by atoms with van der Waals surface area (Å²) < 4.78 is 5.24. The molecule has 7 heteroatoms. The number of ether oxygens (including phenoxy) is 1. The van der Waals surface area contributed by atoms with E-state index in [1.165, 1.54) is 4.90 Å². The van der Waals surface area contributed by atoms with E-state index in [0.717, 1.165) is 19.8 Å². The van der Waals surface area contributed by atoms with E-state index in [4.69, 9.17) is 25.8 Å². The SMILES string of the molecule is CC(=O)O.CC(C)(C)OC(=O)N1CCC[C@H]1C(=N)N. The van der Waals surface area contributed by atoms with Gasteiger partial charge >= 0.3 is 6.09 Å². The van der Waals surface area contributed by atoms with E-state index in [0.29, 0.717) is 6.54 Å². The molecule has 1 aliphatic rings. The van der Waals surface area contributed by atoms with Crippen molar-refractivity contribution in [2.24, 2.45) is 5.73 Å². The first-order valence-electron chi connectivity index (χ1n) is 6.07. The van der Waals surface area contributed by atoms with Crippen LogP contribution in [0.1, 0.15) is 40.5 Å². The van der Waals surface area contributed by atoms with Gasteiger partial charge in [-0.2, -0.15) is 0 Å². The highest BCUT2D eigenvalue weighted by Crippen LogP contribution is 2.20. The molecule has 0 aromatic heterocycles. The van der Waals surface area contributed by atoms with Crippen LogP contribution in [0.4, 0.5) is 4.79 Å². The van der Waals surface area contributed by atoms with Crippen LogP contribution in [-0.4, -0.2) is 46.1 Å². The molecule has 1 heterocycles. The lowest BCUT2D eigenvalue weighted by Gasteiger charge is -2.27. The summed E-state index contributed by atoms with van der Waals surface area (Å²) in [4.78, 5) is 22.3. The standard InChI is InChI=1S/C10H19N3O2.C2H4O2/c1-10(2,3)15-9(14)13-6-4-5-7(13)8(11)12;1-2(3)4/h7H,4-6H2,1-3H3,(H3,11,12);1H3,(H,3,4)/t7-;/m0./s1. The molecule has 0 unspecified atom stereocenters. The van der Waals surface area contributed by atoms with Crippen LogP contribution >= 0.6 is 0 Å². The number of amides is 1. The maximum atomic E-state index is 11.7. The Bertz CT molecular complexity index is 345. The lowest BCUT2D eigenvalue weighted by atomic mass is 10.2. The van der Waals surface area contributed by atoms with Crippen molar-refractivity contribution in [3.8, 4) is 0 Å². The molecule has 1 atom stereocenters. The maximum absolute atomic E-state index is 11.7. The smallest absolute Gasteiger partial charge is 0.410 e. The Morgan fingerprint density at radius 3 is 2.26 bits per heavy atom. The van der Waals surface area contributed by atoms with Crippen LogP contribution in [0.25, 0.3) is 0 Å². The largest absolute Gasteiger partial charge is 0.481 e. The van der Waals surface area contributed by atoms with E-state index in [9.17, 15) is 4.79 Å². The summed E-state index contributed by atoms with van der Waals surface area (Å²) in [7, 11) is 0. The van der Waals surface area contributed by atoms with E-state index in [-0.39, 0.29) is 18.0 Å². The van der Waals surface area contributed by atoms with Gasteiger partial charge in [-0.1, -0.05) is 0 Å². The molecule has 7 nitrogen and oxygen atoms in total. The van der Waals surface area contributed by atoms with E-state index in [1.54, 1.807) is 0 Å². The Morgan fingerprint density at radius 1 is 1.42 bits per heavy atom. The average molecular weight is 273 g/mol. The monoisotopic (exact) mass is 273 g/mol. The quantitative estimate of drug-likeness (QED) is 0.493. The number of hydrogen-bond donors (Lipinski definition) is 3. The third-order valence-corrected chi connectivity index (χ3v) is 2.24. The molecule has 0 spiro atoms. The predicted octanol–water partition coefficient (Wildman–Crippen LogP) is 1.41. The van der Waals surface area contributed by atoms with Crippen LogP contribution in [0, 0.1) is 5.41 Å². The van der Waals surface area contributed by atoms with Crippen molar-refractivity contribution in [3.05, 3.63) is 0 Å². The van der Waals surface area contributed by atoms with Gasteiger partial charge in [0.15, 0.2) is 0 Å². The van der Waals surface area contributed by atoms with Crippen molar-refractivity contribution >= 4 is 17.9 Å². The number of nitrogens with one attached hydrogen (secondary N) is 1. The zero-order chi connectivity index (χ0) is 15.2. The van der Waals surface area contributed by atoms with Crippen molar-refractivity contribution in [3.63, 3.8) is 0 Å². The lowest BCUT2D eigenvalue weighted by Crippen LogP contribution is -2.45. The molecule has 1 fully saturated rings. The summed E-state index contributed by atoms with van der Waals surface area (Å²) >= 11 is 0. The second kappa shape index (κ2) is 6.96. The van der Waals surface area contributed by atoms with Crippen LogP contribution < -0.4 is 5.73 Å². The fourth-order valence-corrected chi connectivity index (χ4v) is 1.63. The van der Waals surface area contributed by atoms with Gasteiger partial charge in [0.2, 0.25) is 0 Å². The Morgan fingerprint density at radius 2 is 1.89 bits per heavy atom. The third-order valence-electron chi connectivity index (χ3n) is 2.24. The number of carbonyl (C=O) groups excluding carboxylic acids is 1. The van der Waals surface area contributed by atoms with Crippen molar-refractivity contribution in [2.45, 2.75) is 52.2 Å². The highest BCUT2D eigenvalue weighted by Gasteiger charge is 2.33. The molecule has 1 rings (SSSR count). The van der Waals surface area contributed by atoms with Gasteiger partial charge in [-0.25, -0.2) is 4.79 Å². The fourth-order valence-electron chi connectivity index (χ4n) is 1.63. The second-order valence-electron chi connectivity index (χ2n) is 5.31. The van der Waals surface area contributed by atoms with E-state index in [2.05, 4.69) is 0 Å². The number of nitrogens with two attached hydrogens (primary N) is 1. The van der Waals surface area contributed by atoms with Gasteiger partial charge in [-0.15, -0.1) is 0 Å². The Balaban J connectivity index is 0.000000711. The number of rotatable bonds is 1. The molecule has 0 bridgehead atoms. The third kappa shape index (κ3) is 7.28. The molecule has 0 aliphatic carbocycles.